The Morgan fingerprint density at radius 3 is 2.67 bits per heavy atom. The van der Waals surface area contributed by atoms with Crippen LogP contribution in [0.15, 0.2) is 64.0 Å². The topological polar surface area (TPSA) is 62.8 Å². The van der Waals surface area contributed by atoms with E-state index in [9.17, 15) is 9.18 Å². The molecule has 1 N–H and O–H groups in total. The molecule has 0 saturated heterocycles. The highest BCUT2D eigenvalue weighted by Gasteiger charge is 2.10. The zero-order chi connectivity index (χ0) is 17.1. The number of carboxylic acid groups (broad SMARTS) is 1. The molecule has 120 valence electrons. The Morgan fingerprint density at radius 2 is 1.96 bits per heavy atom. The average molecular weight is 323 g/mol. The number of hydrogen-bond acceptors (Lipinski definition) is 3. The van der Waals surface area contributed by atoms with Crippen molar-refractivity contribution in [2.75, 3.05) is 0 Å². The number of nitrogens with zero attached hydrogens (tertiary/aromatic N) is 1. The highest BCUT2D eigenvalue weighted by molar-refractivity contribution is 5.89. The number of benzene rings is 2. The van der Waals surface area contributed by atoms with Gasteiger partial charge in [0.2, 0.25) is 0 Å². The zero-order valence-corrected chi connectivity index (χ0v) is 12.9. The van der Waals surface area contributed by atoms with Crippen LogP contribution in [0.4, 0.5) is 10.1 Å². The smallest absolute Gasteiger partial charge is 0.335 e. The number of carboxylic acids is 1. The number of para-hydroxylation sites is 1. The summed E-state index contributed by atoms with van der Waals surface area (Å²) in [6.45, 7) is 1.82. The summed E-state index contributed by atoms with van der Waals surface area (Å²) in [5.41, 5.74) is 2.05. The van der Waals surface area contributed by atoms with Crippen LogP contribution in [0.3, 0.4) is 0 Å². The van der Waals surface area contributed by atoms with E-state index in [1.54, 1.807) is 42.5 Å². The van der Waals surface area contributed by atoms with Crippen molar-refractivity contribution in [3.63, 3.8) is 0 Å². The lowest BCUT2D eigenvalue weighted by Crippen LogP contribution is -1.96. The molecule has 0 spiro atoms. The largest absolute Gasteiger partial charge is 0.478 e. The molecule has 0 unspecified atom stereocenters. The van der Waals surface area contributed by atoms with E-state index in [-0.39, 0.29) is 11.3 Å². The molecule has 24 heavy (non-hydrogen) atoms. The van der Waals surface area contributed by atoms with E-state index in [2.05, 4.69) is 4.99 Å². The van der Waals surface area contributed by atoms with Gasteiger partial charge >= 0.3 is 5.97 Å². The molecule has 4 nitrogen and oxygen atoms in total. The van der Waals surface area contributed by atoms with Crippen LogP contribution < -0.4 is 0 Å². The van der Waals surface area contributed by atoms with Gasteiger partial charge in [0.05, 0.1) is 17.5 Å². The van der Waals surface area contributed by atoms with E-state index >= 15 is 0 Å². The van der Waals surface area contributed by atoms with Crippen molar-refractivity contribution in [1.29, 1.82) is 0 Å². The Morgan fingerprint density at radius 1 is 1.17 bits per heavy atom. The maximum atomic E-state index is 13.5. The third-order valence-corrected chi connectivity index (χ3v) is 3.55. The number of carbonyl (C=O) groups is 1. The molecular weight excluding hydrogens is 309 g/mol. The molecule has 0 amide bonds. The Labute approximate surface area is 137 Å². The summed E-state index contributed by atoms with van der Waals surface area (Å²) in [6, 6.07) is 14.5. The van der Waals surface area contributed by atoms with Crippen molar-refractivity contribution >= 4 is 17.9 Å². The number of rotatable bonds is 4. The fraction of sp³-hybridized carbons (Fsp3) is 0.0526. The first-order valence-electron chi connectivity index (χ1n) is 7.27. The van der Waals surface area contributed by atoms with Gasteiger partial charge in [0, 0.05) is 5.56 Å². The van der Waals surface area contributed by atoms with Crippen molar-refractivity contribution < 1.29 is 18.7 Å². The number of halogens is 1. The molecule has 0 aliphatic rings. The molecule has 3 rings (SSSR count). The van der Waals surface area contributed by atoms with E-state index in [0.717, 1.165) is 11.1 Å². The van der Waals surface area contributed by atoms with Gasteiger partial charge in [0.25, 0.3) is 0 Å². The minimum atomic E-state index is -0.971. The molecular formula is C19H14FNO3. The van der Waals surface area contributed by atoms with Gasteiger partial charge in [-0.15, -0.1) is 0 Å². The van der Waals surface area contributed by atoms with Gasteiger partial charge in [-0.25, -0.2) is 14.2 Å². The Hall–Kier alpha value is -3.21. The van der Waals surface area contributed by atoms with Gasteiger partial charge in [0.15, 0.2) is 0 Å². The number of hydrogen-bond donors (Lipinski definition) is 1. The first-order chi connectivity index (χ1) is 11.5. The van der Waals surface area contributed by atoms with Crippen molar-refractivity contribution in [3.8, 4) is 11.3 Å². The molecule has 0 aliphatic carbocycles. The van der Waals surface area contributed by atoms with Crippen molar-refractivity contribution in [2.24, 2.45) is 4.99 Å². The summed E-state index contributed by atoms with van der Waals surface area (Å²) in [5, 5.41) is 9.00. The number of aliphatic imine (C=N–C) groups is 1. The molecule has 0 aliphatic heterocycles. The minimum Gasteiger partial charge on any atom is -0.478 e. The second kappa shape index (κ2) is 6.50. The Kier molecular flexibility index (Phi) is 4.24. The van der Waals surface area contributed by atoms with Gasteiger partial charge in [-0.2, -0.15) is 0 Å². The highest BCUT2D eigenvalue weighted by Crippen LogP contribution is 2.26. The lowest BCUT2D eigenvalue weighted by molar-refractivity contribution is 0.0697. The Bertz CT molecular complexity index is 928. The fourth-order valence-corrected chi connectivity index (χ4v) is 2.33. The number of aromatic carboxylic acids is 1. The van der Waals surface area contributed by atoms with Crippen molar-refractivity contribution in [3.05, 3.63) is 77.3 Å². The third-order valence-electron chi connectivity index (χ3n) is 3.55. The highest BCUT2D eigenvalue weighted by atomic mass is 19.1. The molecule has 0 bridgehead atoms. The maximum absolute atomic E-state index is 13.5. The van der Waals surface area contributed by atoms with E-state index in [1.807, 2.05) is 6.92 Å². The van der Waals surface area contributed by atoms with Crippen molar-refractivity contribution in [1.82, 2.24) is 0 Å². The van der Waals surface area contributed by atoms with Crippen LogP contribution in [0.1, 0.15) is 21.7 Å². The Balaban J connectivity index is 1.86. The molecule has 0 atom stereocenters. The minimum absolute atomic E-state index is 0.226. The van der Waals surface area contributed by atoms with Crippen LogP contribution in [0.25, 0.3) is 11.3 Å². The summed E-state index contributed by atoms with van der Waals surface area (Å²) >= 11 is 0. The average Bonchev–Trinajstić information content (AvgIpc) is 3.02. The standard InChI is InChI=1S/C19H14FNO3/c1-12-10-13(19(22)23)6-8-15(12)18-9-7-14(24-18)11-21-17-5-3-2-4-16(17)20/h2-11H,1H3,(H,22,23). The first-order valence-corrected chi connectivity index (χ1v) is 7.27. The summed E-state index contributed by atoms with van der Waals surface area (Å²) in [5.74, 6) is -0.295. The molecule has 5 heteroatoms. The quantitative estimate of drug-likeness (QED) is 0.699. The first kappa shape index (κ1) is 15.7. The van der Waals surface area contributed by atoms with Crippen LogP contribution in [-0.2, 0) is 0 Å². The van der Waals surface area contributed by atoms with Gasteiger partial charge in [0.1, 0.15) is 17.3 Å². The maximum Gasteiger partial charge on any atom is 0.335 e. The number of aryl methyl sites for hydroxylation is 1. The van der Waals surface area contributed by atoms with Crippen molar-refractivity contribution in [2.45, 2.75) is 6.92 Å². The lowest BCUT2D eigenvalue weighted by atomic mass is 10.0. The number of furan rings is 1. The van der Waals surface area contributed by atoms with Crippen LogP contribution in [0.2, 0.25) is 0 Å². The SMILES string of the molecule is Cc1cc(C(=O)O)ccc1-c1ccc(C=Nc2ccccc2F)o1. The predicted octanol–water partition coefficient (Wildman–Crippen LogP) is 4.84. The van der Waals surface area contributed by atoms with E-state index < -0.39 is 11.8 Å². The van der Waals surface area contributed by atoms with Gasteiger partial charge < -0.3 is 9.52 Å². The van der Waals surface area contributed by atoms with Gasteiger partial charge in [-0.1, -0.05) is 18.2 Å². The third kappa shape index (κ3) is 3.25. The molecule has 1 aromatic heterocycles. The summed E-state index contributed by atoms with van der Waals surface area (Å²) in [7, 11) is 0. The fourth-order valence-electron chi connectivity index (χ4n) is 2.33. The molecule has 1 heterocycles. The van der Waals surface area contributed by atoms with Crippen LogP contribution >= 0.6 is 0 Å². The van der Waals surface area contributed by atoms with Crippen LogP contribution in [0.5, 0.6) is 0 Å². The molecule has 0 saturated carbocycles. The summed E-state index contributed by atoms with van der Waals surface area (Å²) in [6.07, 6.45) is 1.45. The van der Waals surface area contributed by atoms with E-state index in [4.69, 9.17) is 9.52 Å². The lowest BCUT2D eigenvalue weighted by Gasteiger charge is -2.03. The van der Waals surface area contributed by atoms with E-state index in [1.165, 1.54) is 18.3 Å². The summed E-state index contributed by atoms with van der Waals surface area (Å²) in [4.78, 5) is 15.1. The second-order valence-corrected chi connectivity index (χ2v) is 5.25. The van der Waals surface area contributed by atoms with Crippen LogP contribution in [-0.4, -0.2) is 17.3 Å². The van der Waals surface area contributed by atoms with Crippen LogP contribution in [0, 0.1) is 12.7 Å². The molecule has 0 radical (unpaired) electrons. The normalized spacial score (nSPS) is 11.1. The monoisotopic (exact) mass is 323 g/mol. The van der Waals surface area contributed by atoms with E-state index in [0.29, 0.717) is 11.5 Å². The predicted molar refractivity (Wildman–Crippen MR) is 89.5 cm³/mol. The molecule has 2 aromatic carbocycles. The molecule has 3 aromatic rings. The molecule has 0 fully saturated rings. The second-order valence-electron chi connectivity index (χ2n) is 5.25. The summed E-state index contributed by atoms with van der Waals surface area (Å²) < 4.78 is 19.2. The van der Waals surface area contributed by atoms with Gasteiger partial charge in [-0.3, -0.25) is 0 Å². The zero-order valence-electron chi connectivity index (χ0n) is 12.9. The van der Waals surface area contributed by atoms with Gasteiger partial charge in [-0.05, 0) is 48.9 Å².